The smallest absolute Gasteiger partial charge is 0.412 e. The van der Waals surface area contributed by atoms with E-state index in [-0.39, 0.29) is 30.1 Å². The molecule has 0 spiro atoms. The van der Waals surface area contributed by atoms with E-state index in [2.05, 4.69) is 78.2 Å². The number of rotatable bonds is 5. The van der Waals surface area contributed by atoms with E-state index in [9.17, 15) is 4.79 Å². The normalized spacial score (nSPS) is 28.7. The molecule has 43 heavy (non-hydrogen) atoms. The highest BCUT2D eigenvalue weighted by atomic mass is 16.6. The lowest BCUT2D eigenvalue weighted by Crippen LogP contribution is -2.59. The molecule has 6 nitrogen and oxygen atoms in total. The summed E-state index contributed by atoms with van der Waals surface area (Å²) < 4.78 is 6.46. The lowest BCUT2D eigenvalue weighted by Gasteiger charge is -2.51. The molecule has 1 N–H and O–H groups in total. The Kier molecular flexibility index (Phi) is 6.45. The van der Waals surface area contributed by atoms with Crippen LogP contribution in [0.15, 0.2) is 122 Å². The molecule has 0 saturated carbocycles. The zero-order chi connectivity index (χ0) is 28.8. The van der Waals surface area contributed by atoms with E-state index in [1.165, 1.54) is 0 Å². The van der Waals surface area contributed by atoms with Crippen LogP contribution < -0.4 is 5.32 Å². The molecule has 4 aliphatic heterocycles. The zero-order valence-electron chi connectivity index (χ0n) is 23.9. The predicted molar refractivity (Wildman–Crippen MR) is 167 cm³/mol. The maximum atomic E-state index is 14.1. The molecule has 4 aromatic rings. The van der Waals surface area contributed by atoms with E-state index in [0.29, 0.717) is 5.92 Å². The third-order valence-corrected chi connectivity index (χ3v) is 9.62. The van der Waals surface area contributed by atoms with Gasteiger partial charge in [-0.05, 0) is 54.5 Å². The minimum absolute atomic E-state index is 0.0159. The van der Waals surface area contributed by atoms with Crippen molar-refractivity contribution in [1.29, 1.82) is 0 Å². The first kappa shape index (κ1) is 26.1. The van der Waals surface area contributed by atoms with Crippen LogP contribution in [0.25, 0.3) is 22.5 Å². The Morgan fingerprint density at radius 3 is 1.98 bits per heavy atom. The van der Waals surface area contributed by atoms with Crippen molar-refractivity contribution in [2.24, 2.45) is 11.8 Å². The number of hydrogen-bond donors (Lipinski definition) is 1. The Balaban J connectivity index is 1.03. The van der Waals surface area contributed by atoms with Crippen LogP contribution in [-0.2, 0) is 4.74 Å². The second-order valence-corrected chi connectivity index (χ2v) is 12.2. The molecule has 0 radical (unpaired) electrons. The molecule has 2 saturated heterocycles. The summed E-state index contributed by atoms with van der Waals surface area (Å²) in [5.74, 6) is 0.577. The van der Waals surface area contributed by atoms with Gasteiger partial charge < -0.3 is 4.74 Å². The largest absolute Gasteiger partial charge is 0.424 e. The van der Waals surface area contributed by atoms with Crippen molar-refractivity contribution in [2.45, 2.75) is 49.5 Å². The van der Waals surface area contributed by atoms with Gasteiger partial charge >= 0.3 is 6.09 Å². The van der Waals surface area contributed by atoms with E-state index >= 15 is 0 Å². The highest BCUT2D eigenvalue weighted by molar-refractivity contribution is 5.71. The first-order valence-electron chi connectivity index (χ1n) is 15.4. The molecule has 6 heteroatoms. The standard InChI is InChI=1S/C37H34N4O2/c42-36(41-31-15-11-28(12-16-31)35(41)30-14-18-33(39-24-30)26-9-5-2-6-10-26)43-37-21-19-27(20-22-37)34(40-37)29-13-17-32(38-23-29)25-7-3-1-4-8-25/h1-11,13-15,17-19,21,23-24,27-28,31,34-35,40H,12,16,20,22H2. The van der Waals surface area contributed by atoms with E-state index in [4.69, 9.17) is 14.7 Å². The van der Waals surface area contributed by atoms with Crippen LogP contribution in [-0.4, -0.2) is 32.7 Å². The van der Waals surface area contributed by atoms with Crippen LogP contribution in [0.1, 0.15) is 48.9 Å². The third-order valence-electron chi connectivity index (χ3n) is 9.62. The van der Waals surface area contributed by atoms with E-state index in [0.717, 1.165) is 59.3 Å². The Morgan fingerprint density at radius 2 is 1.42 bits per heavy atom. The number of hydrogen-bond acceptors (Lipinski definition) is 5. The molecule has 10 rings (SSSR count). The molecule has 6 heterocycles. The topological polar surface area (TPSA) is 67.3 Å². The summed E-state index contributed by atoms with van der Waals surface area (Å²) in [4.78, 5) is 25.6. The molecule has 6 aliphatic rings. The number of carbonyl (C=O) groups excluding carboxylic acids is 1. The van der Waals surface area contributed by atoms with Gasteiger partial charge in [0.15, 0.2) is 5.72 Å². The highest BCUT2D eigenvalue weighted by Crippen LogP contribution is 2.47. The quantitative estimate of drug-likeness (QED) is 0.251. The van der Waals surface area contributed by atoms with Crippen molar-refractivity contribution in [1.82, 2.24) is 20.2 Å². The number of fused-ring (bicyclic) bond motifs is 4. The Bertz CT molecular complexity index is 1670. The minimum Gasteiger partial charge on any atom is -0.424 e. The van der Waals surface area contributed by atoms with Gasteiger partial charge in [0.2, 0.25) is 0 Å². The lowest BCUT2D eigenvalue weighted by atomic mass is 9.77. The lowest BCUT2D eigenvalue weighted by molar-refractivity contribution is -0.0608. The van der Waals surface area contributed by atoms with Gasteiger partial charge in [0.25, 0.3) is 0 Å². The number of aromatic nitrogens is 2. The SMILES string of the molecule is O=C(OC12C=CC(CC1)C(c1ccc(-c3ccccc3)nc1)N2)N1C2C=CC(CC2)C1c1ccc(-c2ccccc2)nc1. The van der Waals surface area contributed by atoms with Crippen molar-refractivity contribution in [3.05, 3.63) is 133 Å². The van der Waals surface area contributed by atoms with Gasteiger partial charge in [-0.15, -0.1) is 0 Å². The van der Waals surface area contributed by atoms with Gasteiger partial charge in [-0.2, -0.15) is 0 Å². The third kappa shape index (κ3) is 4.76. The molecule has 1 amide bonds. The number of carbonyl (C=O) groups is 1. The van der Waals surface area contributed by atoms with Gasteiger partial charge in [0.1, 0.15) is 0 Å². The summed E-state index contributed by atoms with van der Waals surface area (Å²) in [7, 11) is 0. The fourth-order valence-electron chi connectivity index (χ4n) is 7.38. The summed E-state index contributed by atoms with van der Waals surface area (Å²) in [6.07, 6.45) is 16.1. The maximum Gasteiger partial charge on any atom is 0.412 e. The molecule has 6 atom stereocenters. The molecule has 2 fully saturated rings. The van der Waals surface area contributed by atoms with Crippen molar-refractivity contribution < 1.29 is 9.53 Å². The van der Waals surface area contributed by atoms with Gasteiger partial charge in [0, 0.05) is 41.9 Å². The van der Waals surface area contributed by atoms with Crippen LogP contribution in [0, 0.1) is 11.8 Å². The summed E-state index contributed by atoms with van der Waals surface area (Å²) >= 11 is 0. The van der Waals surface area contributed by atoms with Crippen LogP contribution in [0.5, 0.6) is 0 Å². The van der Waals surface area contributed by atoms with Crippen molar-refractivity contribution >= 4 is 6.09 Å². The molecule has 2 aliphatic carbocycles. The molecule has 6 unspecified atom stereocenters. The van der Waals surface area contributed by atoms with E-state index in [1.54, 1.807) is 0 Å². The molecule has 2 aromatic carbocycles. The van der Waals surface area contributed by atoms with Crippen molar-refractivity contribution in [3.63, 3.8) is 0 Å². The Hall–Kier alpha value is -4.55. The van der Waals surface area contributed by atoms with Gasteiger partial charge in [0.05, 0.1) is 23.5 Å². The second-order valence-electron chi connectivity index (χ2n) is 12.2. The summed E-state index contributed by atoms with van der Waals surface area (Å²) in [6.45, 7) is 0. The molecular weight excluding hydrogens is 532 g/mol. The Morgan fingerprint density at radius 1 is 0.744 bits per heavy atom. The summed E-state index contributed by atoms with van der Waals surface area (Å²) in [5.41, 5.74) is 5.38. The zero-order valence-corrected chi connectivity index (χ0v) is 23.9. The van der Waals surface area contributed by atoms with E-state index < -0.39 is 5.72 Å². The molecular formula is C37H34N4O2. The molecule has 4 bridgehead atoms. The number of ether oxygens (including phenoxy) is 1. The average molecular weight is 567 g/mol. The number of pyridine rings is 2. The van der Waals surface area contributed by atoms with Crippen LogP contribution in [0.4, 0.5) is 4.79 Å². The molecule has 2 aromatic heterocycles. The van der Waals surface area contributed by atoms with Crippen LogP contribution in [0.2, 0.25) is 0 Å². The Labute approximate surface area is 252 Å². The maximum absolute atomic E-state index is 14.1. The number of nitrogens with zero attached hydrogens (tertiary/aromatic N) is 3. The van der Waals surface area contributed by atoms with Crippen LogP contribution >= 0.6 is 0 Å². The number of benzene rings is 2. The molecule has 214 valence electrons. The predicted octanol–water partition coefficient (Wildman–Crippen LogP) is 7.65. The highest BCUT2D eigenvalue weighted by Gasteiger charge is 2.49. The summed E-state index contributed by atoms with van der Waals surface area (Å²) in [6, 6.07) is 28.8. The minimum atomic E-state index is -0.838. The first-order valence-corrected chi connectivity index (χ1v) is 15.4. The first-order chi connectivity index (χ1) is 21.2. The van der Waals surface area contributed by atoms with Crippen molar-refractivity contribution in [2.75, 3.05) is 0 Å². The van der Waals surface area contributed by atoms with Crippen molar-refractivity contribution in [3.8, 4) is 22.5 Å². The summed E-state index contributed by atoms with van der Waals surface area (Å²) in [5, 5.41) is 3.71. The number of amides is 1. The number of piperidine rings is 2. The monoisotopic (exact) mass is 566 g/mol. The van der Waals surface area contributed by atoms with Gasteiger partial charge in [-0.1, -0.05) is 91.0 Å². The average Bonchev–Trinajstić information content (AvgIpc) is 3.09. The van der Waals surface area contributed by atoms with Crippen LogP contribution in [0.3, 0.4) is 0 Å². The van der Waals surface area contributed by atoms with Gasteiger partial charge in [-0.3, -0.25) is 20.2 Å². The number of nitrogens with one attached hydrogen (secondary N) is 1. The van der Waals surface area contributed by atoms with E-state index in [1.807, 2.05) is 53.7 Å². The fourth-order valence-corrected chi connectivity index (χ4v) is 7.38. The fraction of sp³-hybridized carbons (Fsp3) is 0.270. The van der Waals surface area contributed by atoms with Gasteiger partial charge in [-0.25, -0.2) is 4.79 Å². The second kappa shape index (κ2) is 10.6.